The molecule has 0 radical (unpaired) electrons. The highest BCUT2D eigenvalue weighted by Gasteiger charge is 2.14. The van der Waals surface area contributed by atoms with E-state index in [4.69, 9.17) is 5.73 Å². The van der Waals surface area contributed by atoms with Crippen LogP contribution in [0.5, 0.6) is 0 Å². The van der Waals surface area contributed by atoms with Gasteiger partial charge in [-0.1, -0.05) is 36.4 Å². The summed E-state index contributed by atoms with van der Waals surface area (Å²) in [5.74, 6) is -0.288. The minimum Gasteiger partial charge on any atom is -0.375 e. The van der Waals surface area contributed by atoms with Gasteiger partial charge in [-0.3, -0.25) is 4.98 Å². The van der Waals surface area contributed by atoms with E-state index in [9.17, 15) is 4.39 Å². The van der Waals surface area contributed by atoms with Crippen molar-refractivity contribution in [3.63, 3.8) is 0 Å². The molecule has 3 aromatic rings. The monoisotopic (exact) mass is 281 g/mol. The van der Waals surface area contributed by atoms with Gasteiger partial charge >= 0.3 is 0 Å². The molecule has 0 aliphatic heterocycles. The zero-order chi connectivity index (χ0) is 14.7. The van der Waals surface area contributed by atoms with E-state index < -0.39 is 0 Å². The van der Waals surface area contributed by atoms with E-state index in [0.29, 0.717) is 12.2 Å². The van der Waals surface area contributed by atoms with E-state index in [-0.39, 0.29) is 11.9 Å². The second-order valence-corrected chi connectivity index (χ2v) is 4.86. The Bertz CT molecular complexity index is 752. The molecule has 0 fully saturated rings. The lowest BCUT2D eigenvalue weighted by atomic mass is 10.0. The highest BCUT2D eigenvalue weighted by molar-refractivity contribution is 5.85. The average Bonchev–Trinajstić information content (AvgIpc) is 2.54. The summed E-state index contributed by atoms with van der Waals surface area (Å²) < 4.78 is 13.8. The number of hydrogen-bond acceptors (Lipinski definition) is 3. The molecule has 3 rings (SSSR count). The minimum atomic E-state index is -0.288. The second-order valence-electron chi connectivity index (χ2n) is 4.86. The molecule has 0 spiro atoms. The summed E-state index contributed by atoms with van der Waals surface area (Å²) in [7, 11) is 0. The van der Waals surface area contributed by atoms with Crippen LogP contribution in [0.15, 0.2) is 60.9 Å². The van der Waals surface area contributed by atoms with Gasteiger partial charge in [0.2, 0.25) is 0 Å². The van der Waals surface area contributed by atoms with Crippen molar-refractivity contribution in [1.29, 1.82) is 0 Å². The summed E-state index contributed by atoms with van der Waals surface area (Å²) in [6.45, 7) is 0.351. The van der Waals surface area contributed by atoms with Crippen LogP contribution in [0.1, 0.15) is 11.6 Å². The molecule has 1 heterocycles. The molecule has 0 amide bonds. The molecular formula is C17H16FN3. The Kier molecular flexibility index (Phi) is 3.79. The lowest BCUT2D eigenvalue weighted by molar-refractivity contribution is 0.626. The van der Waals surface area contributed by atoms with Crippen LogP contribution >= 0.6 is 0 Å². The van der Waals surface area contributed by atoms with Crippen LogP contribution in [0.2, 0.25) is 0 Å². The van der Waals surface area contributed by atoms with Crippen molar-refractivity contribution in [2.45, 2.75) is 6.04 Å². The number of rotatable bonds is 4. The first-order chi connectivity index (χ1) is 10.3. The van der Waals surface area contributed by atoms with Crippen molar-refractivity contribution < 1.29 is 4.39 Å². The quantitative estimate of drug-likeness (QED) is 0.769. The van der Waals surface area contributed by atoms with Crippen molar-refractivity contribution in [2.75, 3.05) is 11.9 Å². The Morgan fingerprint density at radius 2 is 1.81 bits per heavy atom. The molecule has 0 aliphatic rings. The summed E-state index contributed by atoms with van der Waals surface area (Å²) >= 11 is 0. The van der Waals surface area contributed by atoms with E-state index in [1.54, 1.807) is 24.4 Å². The molecule has 3 N–H and O–H groups in total. The van der Waals surface area contributed by atoms with Gasteiger partial charge in [0.05, 0.1) is 11.7 Å². The number of fused-ring (bicyclic) bond motifs is 1. The van der Waals surface area contributed by atoms with Gasteiger partial charge in [0, 0.05) is 29.9 Å². The predicted molar refractivity (Wildman–Crippen MR) is 83.6 cm³/mol. The van der Waals surface area contributed by atoms with Crippen LogP contribution in [0.25, 0.3) is 10.8 Å². The van der Waals surface area contributed by atoms with Gasteiger partial charge in [0.25, 0.3) is 0 Å². The number of hydrogen-bond donors (Lipinski definition) is 2. The maximum atomic E-state index is 13.8. The van der Waals surface area contributed by atoms with E-state index in [1.165, 1.54) is 6.07 Å². The van der Waals surface area contributed by atoms with E-state index in [0.717, 1.165) is 16.3 Å². The van der Waals surface area contributed by atoms with Crippen molar-refractivity contribution in [3.8, 4) is 0 Å². The number of nitrogens with one attached hydrogen (secondary N) is 1. The molecular weight excluding hydrogens is 265 g/mol. The highest BCUT2D eigenvalue weighted by atomic mass is 19.1. The standard InChI is InChI=1S/C17H16FN3/c18-15-7-3-4-8-16(15)21-17(9-19)14-11-20-10-12-5-1-2-6-13(12)14/h1-8,10-11,17,21H,9,19H2. The summed E-state index contributed by atoms with van der Waals surface area (Å²) in [5.41, 5.74) is 7.30. The van der Waals surface area contributed by atoms with Gasteiger partial charge in [-0.15, -0.1) is 0 Å². The number of para-hydroxylation sites is 1. The number of anilines is 1. The normalized spacial score (nSPS) is 12.3. The van der Waals surface area contributed by atoms with Crippen LogP contribution in [0.4, 0.5) is 10.1 Å². The van der Waals surface area contributed by atoms with Crippen LogP contribution in [0.3, 0.4) is 0 Å². The van der Waals surface area contributed by atoms with Crippen molar-refractivity contribution in [3.05, 3.63) is 72.3 Å². The number of pyridine rings is 1. The van der Waals surface area contributed by atoms with Crippen LogP contribution < -0.4 is 11.1 Å². The molecule has 1 atom stereocenters. The number of benzene rings is 2. The van der Waals surface area contributed by atoms with E-state index >= 15 is 0 Å². The van der Waals surface area contributed by atoms with Crippen molar-refractivity contribution >= 4 is 16.5 Å². The number of nitrogens with zero attached hydrogens (tertiary/aromatic N) is 1. The third kappa shape index (κ3) is 2.71. The lowest BCUT2D eigenvalue weighted by Gasteiger charge is -2.20. The van der Waals surface area contributed by atoms with Crippen molar-refractivity contribution in [1.82, 2.24) is 4.98 Å². The summed E-state index contributed by atoms with van der Waals surface area (Å²) in [4.78, 5) is 4.26. The molecule has 0 aliphatic carbocycles. The molecule has 0 saturated carbocycles. The van der Waals surface area contributed by atoms with E-state index in [1.807, 2.05) is 30.5 Å². The van der Waals surface area contributed by atoms with Crippen LogP contribution in [0, 0.1) is 5.82 Å². The lowest BCUT2D eigenvalue weighted by Crippen LogP contribution is -2.21. The molecule has 4 heteroatoms. The summed E-state index contributed by atoms with van der Waals surface area (Å²) in [6, 6.07) is 14.4. The Balaban J connectivity index is 2.01. The second kappa shape index (κ2) is 5.89. The maximum Gasteiger partial charge on any atom is 0.146 e. The topological polar surface area (TPSA) is 50.9 Å². The van der Waals surface area contributed by atoms with Gasteiger partial charge in [0.1, 0.15) is 5.82 Å². The third-order valence-corrected chi connectivity index (χ3v) is 3.51. The smallest absolute Gasteiger partial charge is 0.146 e. The minimum absolute atomic E-state index is 0.194. The fourth-order valence-electron chi connectivity index (χ4n) is 2.45. The average molecular weight is 281 g/mol. The first kappa shape index (κ1) is 13.5. The van der Waals surface area contributed by atoms with Crippen LogP contribution in [-0.4, -0.2) is 11.5 Å². The zero-order valence-corrected chi connectivity index (χ0v) is 11.5. The van der Waals surface area contributed by atoms with Gasteiger partial charge in [-0.25, -0.2) is 4.39 Å². The Morgan fingerprint density at radius 3 is 2.62 bits per heavy atom. The third-order valence-electron chi connectivity index (χ3n) is 3.51. The van der Waals surface area contributed by atoms with Gasteiger partial charge < -0.3 is 11.1 Å². The molecule has 2 aromatic carbocycles. The molecule has 106 valence electrons. The molecule has 1 unspecified atom stereocenters. The molecule has 0 bridgehead atoms. The number of aromatic nitrogens is 1. The Morgan fingerprint density at radius 1 is 1.05 bits per heavy atom. The maximum absolute atomic E-state index is 13.8. The predicted octanol–water partition coefficient (Wildman–Crippen LogP) is 3.49. The Labute approximate surface area is 122 Å². The molecule has 21 heavy (non-hydrogen) atoms. The van der Waals surface area contributed by atoms with Crippen LogP contribution in [-0.2, 0) is 0 Å². The van der Waals surface area contributed by atoms with E-state index in [2.05, 4.69) is 10.3 Å². The first-order valence-corrected chi connectivity index (χ1v) is 6.83. The van der Waals surface area contributed by atoms with Crippen molar-refractivity contribution in [2.24, 2.45) is 5.73 Å². The Hall–Kier alpha value is -2.46. The molecule has 3 nitrogen and oxygen atoms in total. The summed E-state index contributed by atoms with van der Waals surface area (Å²) in [6.07, 6.45) is 3.60. The molecule has 0 saturated heterocycles. The van der Waals surface area contributed by atoms with Gasteiger partial charge in [-0.2, -0.15) is 0 Å². The van der Waals surface area contributed by atoms with Gasteiger partial charge in [0.15, 0.2) is 0 Å². The largest absolute Gasteiger partial charge is 0.375 e. The first-order valence-electron chi connectivity index (χ1n) is 6.83. The number of halogens is 1. The number of nitrogens with two attached hydrogens (primary N) is 1. The fraction of sp³-hybridized carbons (Fsp3) is 0.118. The SMILES string of the molecule is NCC(Nc1ccccc1F)c1cncc2ccccc12. The zero-order valence-electron chi connectivity index (χ0n) is 11.5. The fourth-order valence-corrected chi connectivity index (χ4v) is 2.45. The highest BCUT2D eigenvalue weighted by Crippen LogP contribution is 2.26. The summed E-state index contributed by atoms with van der Waals surface area (Å²) in [5, 5.41) is 5.29. The molecule has 1 aromatic heterocycles. The van der Waals surface area contributed by atoms with Gasteiger partial charge in [-0.05, 0) is 17.5 Å².